The monoisotopic (exact) mass is 244 g/mol. The minimum absolute atomic E-state index is 0.433. The summed E-state index contributed by atoms with van der Waals surface area (Å²) in [4.78, 5) is 4.38. The average Bonchev–Trinajstić information content (AvgIpc) is 2.65. The van der Waals surface area contributed by atoms with Crippen LogP contribution in [0.4, 0.5) is 5.69 Å². The van der Waals surface area contributed by atoms with Crippen LogP contribution in [-0.4, -0.2) is 11.0 Å². The molecule has 2 fully saturated rings. The van der Waals surface area contributed by atoms with Crippen LogP contribution < -0.4 is 5.32 Å². The van der Waals surface area contributed by atoms with E-state index in [-0.39, 0.29) is 0 Å². The Balaban J connectivity index is 1.81. The quantitative estimate of drug-likeness (QED) is 0.850. The van der Waals surface area contributed by atoms with Gasteiger partial charge in [0.25, 0.3) is 0 Å². The summed E-state index contributed by atoms with van der Waals surface area (Å²) in [5, 5.41) is 3.73. The van der Waals surface area contributed by atoms with Crippen molar-refractivity contribution in [2.75, 3.05) is 5.32 Å². The number of nitrogens with one attached hydrogen (secondary N) is 1. The van der Waals surface area contributed by atoms with Crippen LogP contribution in [0.15, 0.2) is 18.3 Å². The molecule has 3 rings (SSSR count). The number of hydrogen-bond acceptors (Lipinski definition) is 2. The molecule has 0 radical (unpaired) electrons. The zero-order valence-electron chi connectivity index (χ0n) is 12.0. The molecule has 0 saturated heterocycles. The van der Waals surface area contributed by atoms with Crippen molar-refractivity contribution >= 4 is 5.69 Å². The molecule has 0 aromatic carbocycles. The molecule has 2 aliphatic rings. The third-order valence-corrected chi connectivity index (χ3v) is 6.05. The molecule has 2 heteroatoms. The zero-order valence-corrected chi connectivity index (χ0v) is 12.0. The van der Waals surface area contributed by atoms with E-state index in [1.54, 1.807) is 0 Å². The topological polar surface area (TPSA) is 24.9 Å². The Labute approximate surface area is 110 Å². The first-order valence-electron chi connectivity index (χ1n) is 7.13. The third kappa shape index (κ3) is 1.51. The van der Waals surface area contributed by atoms with Gasteiger partial charge in [-0.05, 0) is 55.1 Å². The van der Waals surface area contributed by atoms with Gasteiger partial charge in [0.15, 0.2) is 0 Å². The molecule has 1 aromatic rings. The molecule has 0 aliphatic heterocycles. The van der Waals surface area contributed by atoms with Crippen molar-refractivity contribution in [3.63, 3.8) is 0 Å². The van der Waals surface area contributed by atoms with Crippen LogP contribution in [0.3, 0.4) is 0 Å². The molecular formula is C16H24N2. The fourth-order valence-electron chi connectivity index (χ4n) is 4.18. The maximum atomic E-state index is 4.38. The maximum absolute atomic E-state index is 4.38. The normalized spacial score (nSPS) is 36.9. The van der Waals surface area contributed by atoms with Crippen molar-refractivity contribution in [2.24, 2.45) is 16.7 Å². The average molecular weight is 244 g/mol. The number of hydrogen-bond donors (Lipinski definition) is 1. The third-order valence-electron chi connectivity index (χ3n) is 6.05. The van der Waals surface area contributed by atoms with Crippen LogP contribution >= 0.6 is 0 Å². The van der Waals surface area contributed by atoms with Gasteiger partial charge in [-0.2, -0.15) is 0 Å². The largest absolute Gasteiger partial charge is 0.380 e. The summed E-state index contributed by atoms with van der Waals surface area (Å²) in [7, 11) is 0. The number of anilines is 1. The Bertz CT molecular complexity index is 449. The second kappa shape index (κ2) is 3.72. The smallest absolute Gasteiger partial charge is 0.0529 e. The Morgan fingerprint density at radius 1 is 1.28 bits per heavy atom. The van der Waals surface area contributed by atoms with Crippen molar-refractivity contribution in [3.05, 3.63) is 24.0 Å². The van der Waals surface area contributed by atoms with Crippen molar-refractivity contribution in [2.45, 2.75) is 53.0 Å². The number of fused-ring (bicyclic) bond motifs is 2. The summed E-state index contributed by atoms with van der Waals surface area (Å²) in [5.41, 5.74) is 3.17. The molecular weight excluding hydrogens is 220 g/mol. The molecule has 2 saturated carbocycles. The first-order valence-corrected chi connectivity index (χ1v) is 7.13. The molecule has 2 bridgehead atoms. The lowest BCUT2D eigenvalue weighted by molar-refractivity contribution is 0.142. The lowest BCUT2D eigenvalue weighted by Crippen LogP contribution is -2.40. The Morgan fingerprint density at radius 3 is 2.56 bits per heavy atom. The number of rotatable bonds is 2. The first kappa shape index (κ1) is 12.0. The molecule has 3 unspecified atom stereocenters. The number of pyridine rings is 1. The van der Waals surface area contributed by atoms with Gasteiger partial charge in [0.1, 0.15) is 0 Å². The van der Waals surface area contributed by atoms with Crippen LogP contribution in [0.1, 0.15) is 45.7 Å². The van der Waals surface area contributed by atoms with E-state index in [1.165, 1.54) is 24.9 Å². The van der Waals surface area contributed by atoms with Gasteiger partial charge < -0.3 is 5.32 Å². The predicted octanol–water partition coefficient (Wildman–Crippen LogP) is 4.02. The molecule has 3 atom stereocenters. The van der Waals surface area contributed by atoms with Gasteiger partial charge in [-0.25, -0.2) is 0 Å². The SMILES string of the molecule is Cc1ccc(NC2CC3CCC2(C)C3(C)C)cn1. The van der Waals surface area contributed by atoms with Gasteiger partial charge in [0, 0.05) is 11.7 Å². The second-order valence-electron chi connectivity index (χ2n) is 7.00. The van der Waals surface area contributed by atoms with E-state index in [4.69, 9.17) is 0 Å². The van der Waals surface area contributed by atoms with Crippen LogP contribution in [0, 0.1) is 23.7 Å². The maximum Gasteiger partial charge on any atom is 0.0529 e. The summed E-state index contributed by atoms with van der Waals surface area (Å²) < 4.78 is 0. The van der Waals surface area contributed by atoms with Crippen molar-refractivity contribution in [3.8, 4) is 0 Å². The summed E-state index contributed by atoms with van der Waals surface area (Å²) >= 11 is 0. The predicted molar refractivity (Wildman–Crippen MR) is 75.6 cm³/mol. The Kier molecular flexibility index (Phi) is 2.48. The molecule has 2 nitrogen and oxygen atoms in total. The molecule has 1 aromatic heterocycles. The minimum atomic E-state index is 0.433. The summed E-state index contributed by atoms with van der Waals surface area (Å²) in [6.07, 6.45) is 6.06. The highest BCUT2D eigenvalue weighted by Crippen LogP contribution is 2.65. The van der Waals surface area contributed by atoms with Crippen LogP contribution in [-0.2, 0) is 0 Å². The Morgan fingerprint density at radius 2 is 2.06 bits per heavy atom. The number of aromatic nitrogens is 1. The molecule has 98 valence electrons. The van der Waals surface area contributed by atoms with Gasteiger partial charge >= 0.3 is 0 Å². The van der Waals surface area contributed by atoms with E-state index in [0.29, 0.717) is 16.9 Å². The lowest BCUT2D eigenvalue weighted by Gasteiger charge is -2.39. The van der Waals surface area contributed by atoms with E-state index in [0.717, 1.165) is 11.6 Å². The molecule has 1 N–H and O–H groups in total. The summed E-state index contributed by atoms with van der Waals surface area (Å²) in [5.74, 6) is 0.887. The summed E-state index contributed by atoms with van der Waals surface area (Å²) in [6.45, 7) is 9.42. The van der Waals surface area contributed by atoms with E-state index in [1.807, 2.05) is 13.1 Å². The molecule has 0 spiro atoms. The second-order valence-corrected chi connectivity index (χ2v) is 7.00. The van der Waals surface area contributed by atoms with Gasteiger partial charge in [-0.1, -0.05) is 20.8 Å². The van der Waals surface area contributed by atoms with Gasteiger partial charge in [0.05, 0.1) is 11.9 Å². The fraction of sp³-hybridized carbons (Fsp3) is 0.688. The van der Waals surface area contributed by atoms with Crippen molar-refractivity contribution in [1.29, 1.82) is 0 Å². The molecule has 1 heterocycles. The van der Waals surface area contributed by atoms with Gasteiger partial charge in [-0.15, -0.1) is 0 Å². The first-order chi connectivity index (χ1) is 8.43. The summed E-state index contributed by atoms with van der Waals surface area (Å²) in [6, 6.07) is 4.85. The van der Waals surface area contributed by atoms with E-state index < -0.39 is 0 Å². The number of aryl methyl sites for hydroxylation is 1. The highest BCUT2D eigenvalue weighted by atomic mass is 15.0. The number of nitrogens with zero attached hydrogens (tertiary/aromatic N) is 1. The van der Waals surface area contributed by atoms with Crippen LogP contribution in [0.5, 0.6) is 0 Å². The Hall–Kier alpha value is -1.05. The molecule has 18 heavy (non-hydrogen) atoms. The van der Waals surface area contributed by atoms with Gasteiger partial charge in [0.2, 0.25) is 0 Å². The standard InChI is InChI=1S/C16H24N2/c1-11-5-6-13(10-17-11)18-14-9-12-7-8-16(14,4)15(12,2)3/h5-6,10,12,14,18H,7-9H2,1-4H3. The molecule has 0 amide bonds. The minimum Gasteiger partial charge on any atom is -0.380 e. The van der Waals surface area contributed by atoms with Crippen molar-refractivity contribution in [1.82, 2.24) is 4.98 Å². The fourth-order valence-corrected chi connectivity index (χ4v) is 4.18. The van der Waals surface area contributed by atoms with E-state index in [2.05, 4.69) is 43.2 Å². The lowest BCUT2D eigenvalue weighted by atomic mass is 9.69. The van der Waals surface area contributed by atoms with Crippen LogP contribution in [0.25, 0.3) is 0 Å². The highest BCUT2D eigenvalue weighted by Gasteiger charge is 2.61. The zero-order chi connectivity index (χ0) is 13.0. The van der Waals surface area contributed by atoms with Crippen LogP contribution in [0.2, 0.25) is 0 Å². The van der Waals surface area contributed by atoms with Crippen molar-refractivity contribution < 1.29 is 0 Å². The molecule has 2 aliphatic carbocycles. The van der Waals surface area contributed by atoms with E-state index >= 15 is 0 Å². The van der Waals surface area contributed by atoms with Gasteiger partial charge in [-0.3, -0.25) is 4.98 Å². The highest BCUT2D eigenvalue weighted by molar-refractivity contribution is 5.43. The van der Waals surface area contributed by atoms with E-state index in [9.17, 15) is 0 Å².